The Morgan fingerprint density at radius 1 is 1.28 bits per heavy atom. The van der Waals surface area contributed by atoms with E-state index < -0.39 is 25.1 Å². The average Bonchev–Trinajstić information content (AvgIpc) is 2.24. The van der Waals surface area contributed by atoms with Crippen molar-refractivity contribution in [1.29, 1.82) is 0 Å². The van der Waals surface area contributed by atoms with Crippen LogP contribution < -0.4 is 10.6 Å². The lowest BCUT2D eigenvalue weighted by Gasteiger charge is -2.11. The highest BCUT2D eigenvalue weighted by atomic mass is 35.5. The molecule has 0 fully saturated rings. The summed E-state index contributed by atoms with van der Waals surface area (Å²) < 4.78 is 23.9. The molecule has 0 spiro atoms. The second kappa shape index (κ2) is 6.72. The van der Waals surface area contributed by atoms with Crippen molar-refractivity contribution in [2.45, 2.75) is 12.5 Å². The zero-order chi connectivity index (χ0) is 13.7. The summed E-state index contributed by atoms with van der Waals surface area (Å²) in [6.07, 6.45) is -4.82. The number of amides is 2. The summed E-state index contributed by atoms with van der Waals surface area (Å²) in [4.78, 5) is 11.3. The van der Waals surface area contributed by atoms with Crippen LogP contribution in [0.15, 0.2) is 18.2 Å². The molecular formula is C10H10Cl2F2N2O2. The van der Waals surface area contributed by atoms with Gasteiger partial charge in [0.1, 0.15) is 6.10 Å². The van der Waals surface area contributed by atoms with Gasteiger partial charge in [0.25, 0.3) is 6.43 Å². The van der Waals surface area contributed by atoms with E-state index in [2.05, 4.69) is 10.6 Å². The van der Waals surface area contributed by atoms with Crippen molar-refractivity contribution < 1.29 is 18.7 Å². The predicted molar refractivity (Wildman–Crippen MR) is 65.5 cm³/mol. The van der Waals surface area contributed by atoms with E-state index in [0.717, 1.165) is 0 Å². The van der Waals surface area contributed by atoms with Crippen molar-refractivity contribution in [1.82, 2.24) is 5.32 Å². The topological polar surface area (TPSA) is 61.4 Å². The summed E-state index contributed by atoms with van der Waals surface area (Å²) in [6.45, 7) is -0.558. The van der Waals surface area contributed by atoms with Crippen LogP contribution in [-0.4, -0.2) is 30.2 Å². The number of urea groups is 1. The van der Waals surface area contributed by atoms with E-state index in [1.165, 1.54) is 18.2 Å². The van der Waals surface area contributed by atoms with Gasteiger partial charge in [0.15, 0.2) is 0 Å². The maximum absolute atomic E-state index is 12.0. The molecular weight excluding hydrogens is 289 g/mol. The number of aliphatic hydroxyl groups excluding tert-OH is 1. The number of halogens is 4. The first-order valence-electron chi connectivity index (χ1n) is 4.85. The Hall–Kier alpha value is -1.11. The highest BCUT2D eigenvalue weighted by Gasteiger charge is 2.17. The van der Waals surface area contributed by atoms with E-state index in [1.807, 2.05) is 0 Å². The lowest BCUT2D eigenvalue weighted by molar-refractivity contribution is -0.00155. The molecule has 4 nitrogen and oxygen atoms in total. The normalized spacial score (nSPS) is 12.3. The number of hydrogen-bond donors (Lipinski definition) is 3. The first-order valence-corrected chi connectivity index (χ1v) is 5.61. The van der Waals surface area contributed by atoms with Crippen LogP contribution in [-0.2, 0) is 0 Å². The van der Waals surface area contributed by atoms with E-state index in [9.17, 15) is 13.6 Å². The number of rotatable bonds is 4. The largest absolute Gasteiger partial charge is 0.385 e. The zero-order valence-corrected chi connectivity index (χ0v) is 10.5. The molecule has 0 heterocycles. The molecule has 0 aliphatic heterocycles. The number of carbonyl (C=O) groups excluding carboxylic acids is 1. The van der Waals surface area contributed by atoms with E-state index in [1.54, 1.807) is 0 Å². The highest BCUT2D eigenvalue weighted by molar-refractivity contribution is 6.35. The number of anilines is 1. The molecule has 0 aliphatic carbocycles. The maximum Gasteiger partial charge on any atom is 0.319 e. The minimum atomic E-state index is -2.91. The average molecular weight is 299 g/mol. The molecule has 0 aliphatic rings. The summed E-state index contributed by atoms with van der Waals surface area (Å²) in [5.41, 5.74) is 0.316. The van der Waals surface area contributed by atoms with Crippen LogP contribution in [0.1, 0.15) is 0 Å². The van der Waals surface area contributed by atoms with Gasteiger partial charge in [0.2, 0.25) is 0 Å². The van der Waals surface area contributed by atoms with E-state index in [-0.39, 0.29) is 0 Å². The Bertz CT molecular complexity index is 412. The minimum Gasteiger partial charge on any atom is -0.385 e. The van der Waals surface area contributed by atoms with Crippen LogP contribution in [0.2, 0.25) is 10.0 Å². The van der Waals surface area contributed by atoms with Crippen molar-refractivity contribution in [2.75, 3.05) is 11.9 Å². The van der Waals surface area contributed by atoms with E-state index >= 15 is 0 Å². The van der Waals surface area contributed by atoms with Crippen LogP contribution >= 0.6 is 23.2 Å². The van der Waals surface area contributed by atoms with Gasteiger partial charge in [0.05, 0.1) is 6.54 Å². The SMILES string of the molecule is O=C(NCC(O)C(F)F)Nc1cc(Cl)cc(Cl)c1. The Kier molecular flexibility index (Phi) is 5.58. The Morgan fingerprint density at radius 3 is 2.33 bits per heavy atom. The molecule has 1 unspecified atom stereocenters. The molecule has 0 saturated carbocycles. The lowest BCUT2D eigenvalue weighted by atomic mass is 10.3. The molecule has 3 N–H and O–H groups in total. The molecule has 8 heteroatoms. The van der Waals surface area contributed by atoms with Crippen molar-refractivity contribution >= 4 is 34.9 Å². The van der Waals surface area contributed by atoms with Gasteiger partial charge in [-0.05, 0) is 18.2 Å². The first-order chi connectivity index (χ1) is 8.38. The first kappa shape index (κ1) is 14.9. The van der Waals surface area contributed by atoms with Crippen LogP contribution in [0, 0.1) is 0 Å². The summed E-state index contributed by atoms with van der Waals surface area (Å²) in [5, 5.41) is 13.9. The van der Waals surface area contributed by atoms with Crippen molar-refractivity contribution in [3.63, 3.8) is 0 Å². The molecule has 100 valence electrons. The predicted octanol–water partition coefficient (Wildman–Crippen LogP) is 2.74. The van der Waals surface area contributed by atoms with Crippen molar-refractivity contribution in [3.05, 3.63) is 28.2 Å². The second-order valence-electron chi connectivity index (χ2n) is 3.39. The number of nitrogens with one attached hydrogen (secondary N) is 2. The third-order valence-electron chi connectivity index (χ3n) is 1.88. The smallest absolute Gasteiger partial charge is 0.319 e. The van der Waals surface area contributed by atoms with Crippen molar-refractivity contribution in [2.24, 2.45) is 0 Å². The Balaban J connectivity index is 2.49. The summed E-state index contributed by atoms with van der Waals surface area (Å²) in [5.74, 6) is 0. The fourth-order valence-electron chi connectivity index (χ4n) is 1.09. The molecule has 0 bridgehead atoms. The van der Waals surface area contributed by atoms with Gasteiger partial charge in [-0.2, -0.15) is 0 Å². The number of benzene rings is 1. The number of hydrogen-bond acceptors (Lipinski definition) is 2. The van der Waals surface area contributed by atoms with Crippen LogP contribution in [0.3, 0.4) is 0 Å². The quantitative estimate of drug-likeness (QED) is 0.800. The van der Waals surface area contributed by atoms with Crippen LogP contribution in [0.5, 0.6) is 0 Å². The molecule has 0 aromatic heterocycles. The molecule has 1 aromatic carbocycles. The molecule has 1 aromatic rings. The lowest BCUT2D eigenvalue weighted by Crippen LogP contribution is -2.38. The standard InChI is InChI=1S/C10H10Cl2F2N2O2/c11-5-1-6(12)3-7(2-5)16-10(18)15-4-8(17)9(13)14/h1-3,8-9,17H,4H2,(H2,15,16,18). The molecule has 0 radical (unpaired) electrons. The number of carbonyl (C=O) groups is 1. The van der Waals surface area contributed by atoms with Gasteiger partial charge in [-0.25, -0.2) is 13.6 Å². The number of aliphatic hydroxyl groups is 1. The Labute approximate surface area is 112 Å². The fraction of sp³-hybridized carbons (Fsp3) is 0.300. The van der Waals surface area contributed by atoms with Gasteiger partial charge in [-0.15, -0.1) is 0 Å². The summed E-state index contributed by atoms with van der Waals surface area (Å²) in [7, 11) is 0. The zero-order valence-electron chi connectivity index (χ0n) is 8.96. The molecule has 18 heavy (non-hydrogen) atoms. The van der Waals surface area contributed by atoms with Gasteiger partial charge in [0, 0.05) is 15.7 Å². The monoisotopic (exact) mass is 298 g/mol. The fourth-order valence-corrected chi connectivity index (χ4v) is 1.61. The van der Waals surface area contributed by atoms with Crippen LogP contribution in [0.4, 0.5) is 19.3 Å². The summed E-state index contributed by atoms with van der Waals surface area (Å²) >= 11 is 11.4. The van der Waals surface area contributed by atoms with E-state index in [0.29, 0.717) is 15.7 Å². The third kappa shape index (κ3) is 5.03. The molecule has 2 amide bonds. The summed E-state index contributed by atoms with van der Waals surface area (Å²) in [6, 6.07) is 3.62. The minimum absolute atomic E-state index is 0.316. The molecule has 1 rings (SSSR count). The second-order valence-corrected chi connectivity index (χ2v) is 4.27. The molecule has 0 saturated heterocycles. The molecule has 1 atom stereocenters. The van der Waals surface area contributed by atoms with E-state index in [4.69, 9.17) is 28.3 Å². The third-order valence-corrected chi connectivity index (χ3v) is 2.32. The van der Waals surface area contributed by atoms with Gasteiger partial charge in [-0.3, -0.25) is 0 Å². The van der Waals surface area contributed by atoms with Crippen molar-refractivity contribution in [3.8, 4) is 0 Å². The maximum atomic E-state index is 12.0. The number of alkyl halides is 2. The van der Waals surface area contributed by atoms with Gasteiger partial charge >= 0.3 is 6.03 Å². The Morgan fingerprint density at radius 2 is 1.83 bits per heavy atom. The van der Waals surface area contributed by atoms with Crippen LogP contribution in [0.25, 0.3) is 0 Å². The highest BCUT2D eigenvalue weighted by Crippen LogP contribution is 2.22. The van der Waals surface area contributed by atoms with Gasteiger partial charge in [-0.1, -0.05) is 23.2 Å². The van der Waals surface area contributed by atoms with Gasteiger partial charge < -0.3 is 15.7 Å².